The third kappa shape index (κ3) is 6.61. The Morgan fingerprint density at radius 2 is 1.29 bits per heavy atom. The molecule has 0 fully saturated rings. The highest BCUT2D eigenvalue weighted by Crippen LogP contribution is 2.37. The number of hydrogen-bond acceptors (Lipinski definition) is 8. The van der Waals surface area contributed by atoms with Crippen LogP contribution in [0.3, 0.4) is 0 Å². The van der Waals surface area contributed by atoms with Crippen molar-refractivity contribution >= 4 is 89.2 Å². The van der Waals surface area contributed by atoms with Crippen LogP contribution in [0.4, 0.5) is 11.4 Å². The monoisotopic (exact) mass is 634 g/mol. The number of thiophene rings is 2. The second-order valence-electron chi connectivity index (χ2n) is 8.26. The summed E-state index contributed by atoms with van der Waals surface area (Å²) in [4.78, 5) is 8.62. The molecule has 0 aliphatic carbocycles. The van der Waals surface area contributed by atoms with Crippen molar-refractivity contribution in [2.45, 2.75) is 47.7 Å². The molecule has 0 spiro atoms. The molecule has 2 aromatic heterocycles. The number of halogens is 2. The Morgan fingerprint density at radius 3 is 1.76 bits per heavy atom. The van der Waals surface area contributed by atoms with Crippen molar-refractivity contribution < 1.29 is 16.8 Å². The van der Waals surface area contributed by atoms with Crippen molar-refractivity contribution in [1.29, 1.82) is 0 Å². The Morgan fingerprint density at radius 1 is 0.816 bits per heavy atom. The molecule has 204 valence electrons. The van der Waals surface area contributed by atoms with Crippen LogP contribution in [0, 0.1) is 0 Å². The molecule has 5 rings (SSSR count). The van der Waals surface area contributed by atoms with E-state index in [0.717, 1.165) is 34.7 Å². The molecule has 0 bridgehead atoms. The molecule has 1 aromatic carbocycles. The molecule has 2 aliphatic heterocycles. The van der Waals surface area contributed by atoms with Crippen molar-refractivity contribution in [2.75, 3.05) is 10.6 Å². The molecular weight excluding hydrogens is 611 g/mol. The highest BCUT2D eigenvalue weighted by Gasteiger charge is 2.30. The highest BCUT2D eigenvalue weighted by atomic mass is 35.5. The third-order valence-corrected chi connectivity index (χ3v) is 11.6. The normalized spacial score (nSPS) is 20.3. The van der Waals surface area contributed by atoms with Crippen LogP contribution >= 0.6 is 45.9 Å². The van der Waals surface area contributed by atoms with Gasteiger partial charge in [0.15, 0.2) is 8.42 Å². The Hall–Kier alpha value is -2.36. The van der Waals surface area contributed by atoms with Crippen molar-refractivity contribution in [1.82, 2.24) is 9.44 Å². The molecule has 2 atom stereocenters. The Balaban J connectivity index is 0.000000181. The van der Waals surface area contributed by atoms with E-state index in [4.69, 9.17) is 23.2 Å². The number of rotatable bonds is 4. The SMILES string of the molecule is CC[C@H](C)N=C1Nc2cc(Cl)sc2S(=O)(=O)N1.C[C@@H](N=C1Nc2cc(Cl)sc2S(=O)(=O)N1)c1ccccc1. The van der Waals surface area contributed by atoms with Gasteiger partial charge in [-0.1, -0.05) is 60.5 Å². The van der Waals surface area contributed by atoms with Crippen LogP contribution in [0.1, 0.15) is 38.8 Å². The fourth-order valence-corrected chi connectivity index (χ4v) is 8.82. The molecule has 4 heterocycles. The molecule has 0 saturated heterocycles. The Bertz CT molecular complexity index is 1600. The van der Waals surface area contributed by atoms with Crippen molar-refractivity contribution in [3.05, 3.63) is 56.7 Å². The molecule has 0 saturated carbocycles. The number of hydrogen-bond donors (Lipinski definition) is 4. The van der Waals surface area contributed by atoms with Gasteiger partial charge >= 0.3 is 0 Å². The largest absolute Gasteiger partial charge is 0.324 e. The number of nitrogens with one attached hydrogen (secondary N) is 4. The minimum Gasteiger partial charge on any atom is -0.324 e. The van der Waals surface area contributed by atoms with Gasteiger partial charge in [-0.15, -0.1) is 22.7 Å². The van der Waals surface area contributed by atoms with E-state index >= 15 is 0 Å². The van der Waals surface area contributed by atoms with Gasteiger partial charge in [0.1, 0.15) is 0 Å². The summed E-state index contributed by atoms with van der Waals surface area (Å²) in [7, 11) is -7.14. The molecule has 38 heavy (non-hydrogen) atoms. The summed E-state index contributed by atoms with van der Waals surface area (Å²) in [6, 6.07) is 12.7. The minimum absolute atomic E-state index is 0.0517. The van der Waals surface area contributed by atoms with Crippen molar-refractivity contribution in [3.63, 3.8) is 0 Å². The van der Waals surface area contributed by atoms with E-state index in [2.05, 4.69) is 30.1 Å². The van der Waals surface area contributed by atoms with Gasteiger partial charge in [0.2, 0.25) is 11.9 Å². The van der Waals surface area contributed by atoms with Gasteiger partial charge in [-0.2, -0.15) is 0 Å². The zero-order valence-corrected chi connectivity index (χ0v) is 25.1. The lowest BCUT2D eigenvalue weighted by atomic mass is 10.1. The van der Waals surface area contributed by atoms with E-state index < -0.39 is 20.0 Å². The van der Waals surface area contributed by atoms with Crippen molar-refractivity contribution in [2.24, 2.45) is 9.98 Å². The molecule has 3 aromatic rings. The Kier molecular flexibility index (Phi) is 8.59. The van der Waals surface area contributed by atoms with Crippen LogP contribution in [-0.4, -0.2) is 34.8 Å². The minimum atomic E-state index is -3.61. The summed E-state index contributed by atoms with van der Waals surface area (Å²) in [6.07, 6.45) is 0.837. The fourth-order valence-electron chi connectivity index (χ4n) is 3.35. The van der Waals surface area contributed by atoms with Crippen LogP contribution in [0.25, 0.3) is 0 Å². The molecule has 2 aliphatic rings. The molecule has 10 nitrogen and oxygen atoms in total. The van der Waals surface area contributed by atoms with E-state index in [9.17, 15) is 16.8 Å². The molecule has 0 unspecified atom stereocenters. The van der Waals surface area contributed by atoms with E-state index in [-0.39, 0.29) is 32.4 Å². The van der Waals surface area contributed by atoms with Crippen LogP contribution < -0.4 is 20.1 Å². The zero-order valence-electron chi connectivity index (χ0n) is 20.3. The van der Waals surface area contributed by atoms with Gasteiger partial charge in [0.25, 0.3) is 20.0 Å². The summed E-state index contributed by atoms with van der Waals surface area (Å²) in [5.74, 6) is 0.453. The van der Waals surface area contributed by atoms with Gasteiger partial charge in [0, 0.05) is 0 Å². The van der Waals surface area contributed by atoms with Gasteiger partial charge in [-0.05, 0) is 38.0 Å². The van der Waals surface area contributed by atoms with Crippen LogP contribution in [-0.2, 0) is 20.0 Å². The van der Waals surface area contributed by atoms with Gasteiger partial charge in [-0.25, -0.2) is 36.3 Å². The Labute approximate surface area is 239 Å². The number of fused-ring (bicyclic) bond motifs is 2. The predicted octanol–water partition coefficient (Wildman–Crippen LogP) is 5.48. The lowest BCUT2D eigenvalue weighted by Crippen LogP contribution is -2.40. The van der Waals surface area contributed by atoms with E-state index in [1.54, 1.807) is 12.1 Å². The van der Waals surface area contributed by atoms with Crippen LogP contribution in [0.5, 0.6) is 0 Å². The maximum Gasteiger partial charge on any atom is 0.275 e. The zero-order chi connectivity index (χ0) is 27.7. The van der Waals surface area contributed by atoms with E-state index in [1.165, 1.54) is 0 Å². The van der Waals surface area contributed by atoms with Gasteiger partial charge < -0.3 is 10.6 Å². The standard InChI is InChI=1S/C13H12ClN3O2S2.C9H12ClN3O2S2/c1-8(9-5-3-2-4-6-9)15-13-16-10-7-11(14)20-12(10)21(18,19)17-13;1-3-5(2)11-9-12-6-4-7(10)16-8(6)17(14,15)13-9/h2-8H,1H3,(H2,15,16,17);4-5H,3H2,1-2H3,(H2,11,12,13)/t8-;5-/m10/s1. The summed E-state index contributed by atoms with van der Waals surface area (Å²) in [5.41, 5.74) is 1.95. The maximum absolute atomic E-state index is 12.1. The summed E-state index contributed by atoms with van der Waals surface area (Å²) >= 11 is 13.7. The van der Waals surface area contributed by atoms with E-state index in [0.29, 0.717) is 20.0 Å². The second kappa shape index (κ2) is 11.4. The number of guanidine groups is 2. The van der Waals surface area contributed by atoms with Crippen molar-refractivity contribution in [3.8, 4) is 0 Å². The topological polar surface area (TPSA) is 141 Å². The average Bonchev–Trinajstić information content (AvgIpc) is 3.41. The van der Waals surface area contributed by atoms with Gasteiger partial charge in [-0.3, -0.25) is 0 Å². The number of nitrogens with zero attached hydrogens (tertiary/aromatic N) is 2. The average molecular weight is 636 g/mol. The quantitative estimate of drug-likeness (QED) is 0.299. The summed E-state index contributed by atoms with van der Waals surface area (Å²) < 4.78 is 54.1. The summed E-state index contributed by atoms with van der Waals surface area (Å²) in [6.45, 7) is 5.80. The maximum atomic E-state index is 12.1. The number of aliphatic imine (C=N–C) groups is 2. The van der Waals surface area contributed by atoms with E-state index in [1.807, 2.05) is 51.1 Å². The highest BCUT2D eigenvalue weighted by molar-refractivity contribution is 7.93. The molecule has 0 amide bonds. The first-order valence-electron chi connectivity index (χ1n) is 11.3. The third-order valence-electron chi connectivity index (χ3n) is 5.34. The van der Waals surface area contributed by atoms with Gasteiger partial charge in [0.05, 0.1) is 32.1 Å². The molecule has 4 N–H and O–H groups in total. The fraction of sp³-hybridized carbons (Fsp3) is 0.273. The number of benzene rings is 1. The molecule has 0 radical (unpaired) electrons. The van der Waals surface area contributed by atoms with Crippen LogP contribution in [0.2, 0.25) is 8.67 Å². The number of sulfonamides is 2. The summed E-state index contributed by atoms with van der Waals surface area (Å²) in [5, 5.41) is 5.88. The molecular formula is C22H24Cl2N6O4S4. The smallest absolute Gasteiger partial charge is 0.275 e. The first kappa shape index (κ1) is 28.6. The lowest BCUT2D eigenvalue weighted by molar-refractivity contribution is 0.591. The second-order valence-corrected chi connectivity index (χ2v) is 15.4. The molecule has 16 heteroatoms. The van der Waals surface area contributed by atoms with Crippen LogP contribution in [0.15, 0.2) is 60.9 Å². The first-order chi connectivity index (χ1) is 17.9. The number of anilines is 2. The lowest BCUT2D eigenvalue weighted by Gasteiger charge is -2.19. The predicted molar refractivity (Wildman–Crippen MR) is 156 cm³/mol. The first-order valence-corrected chi connectivity index (χ1v) is 16.6.